The number of hydrogen-bond acceptors (Lipinski definition) is 3. The second-order valence-corrected chi connectivity index (χ2v) is 6.71. The van der Waals surface area contributed by atoms with Crippen LogP contribution in [0.4, 0.5) is 11.4 Å². The van der Waals surface area contributed by atoms with E-state index in [2.05, 4.69) is 6.07 Å². The third-order valence-electron chi connectivity index (χ3n) is 3.79. The predicted octanol–water partition coefficient (Wildman–Crippen LogP) is 3.90. The van der Waals surface area contributed by atoms with Gasteiger partial charge in [-0.2, -0.15) is 0 Å². The fourth-order valence-corrected chi connectivity index (χ4v) is 3.61. The van der Waals surface area contributed by atoms with Crippen LogP contribution in [0.15, 0.2) is 53.4 Å². The molecule has 0 spiro atoms. The molecule has 3 rings (SSSR count). The molecule has 1 amide bonds. The largest absolute Gasteiger partial charge is 0.378 e. The van der Waals surface area contributed by atoms with Gasteiger partial charge in [-0.15, -0.1) is 11.8 Å². The highest BCUT2D eigenvalue weighted by Gasteiger charge is 2.22. The molecule has 0 radical (unpaired) electrons. The van der Waals surface area contributed by atoms with Gasteiger partial charge in [0.05, 0.1) is 5.69 Å². The number of carbonyl (C=O) groups is 1. The number of para-hydroxylation sites is 1. The molecule has 0 aliphatic carbocycles. The van der Waals surface area contributed by atoms with E-state index in [0.29, 0.717) is 0 Å². The molecule has 0 saturated carbocycles. The summed E-state index contributed by atoms with van der Waals surface area (Å²) in [5.41, 5.74) is 2.82. The molecule has 0 fully saturated rings. The van der Waals surface area contributed by atoms with E-state index in [4.69, 9.17) is 0 Å². The second kappa shape index (κ2) is 6.44. The van der Waals surface area contributed by atoms with E-state index in [-0.39, 0.29) is 5.91 Å². The highest BCUT2D eigenvalue weighted by Crippen LogP contribution is 2.34. The number of carbonyl (C=O) groups excluding carboxylic acids is 1. The van der Waals surface area contributed by atoms with Gasteiger partial charge in [-0.3, -0.25) is 4.79 Å². The molecular formula is C18H20N2OS. The van der Waals surface area contributed by atoms with Crippen molar-refractivity contribution in [3.05, 3.63) is 54.1 Å². The van der Waals surface area contributed by atoms with Gasteiger partial charge in [-0.1, -0.05) is 18.2 Å². The molecule has 0 aromatic heterocycles. The first-order valence-electron chi connectivity index (χ1n) is 7.48. The maximum atomic E-state index is 13.0. The van der Waals surface area contributed by atoms with Gasteiger partial charge in [0.15, 0.2) is 0 Å². The summed E-state index contributed by atoms with van der Waals surface area (Å²) in [5, 5.41) is 0. The smallest absolute Gasteiger partial charge is 0.258 e. The van der Waals surface area contributed by atoms with E-state index in [9.17, 15) is 4.79 Å². The lowest BCUT2D eigenvalue weighted by Gasteiger charge is -2.23. The lowest BCUT2D eigenvalue weighted by molar-refractivity contribution is 0.0986. The van der Waals surface area contributed by atoms with E-state index < -0.39 is 0 Å². The first-order chi connectivity index (χ1) is 10.7. The van der Waals surface area contributed by atoms with Gasteiger partial charge in [0.1, 0.15) is 0 Å². The average molecular weight is 312 g/mol. The third-order valence-corrected chi connectivity index (χ3v) is 4.94. The van der Waals surface area contributed by atoms with Crippen LogP contribution in [0.25, 0.3) is 0 Å². The number of nitrogens with zero attached hydrogens (tertiary/aromatic N) is 2. The molecule has 2 aromatic carbocycles. The molecule has 22 heavy (non-hydrogen) atoms. The summed E-state index contributed by atoms with van der Waals surface area (Å²) in [7, 11) is 3.98. The van der Waals surface area contributed by atoms with Crippen molar-refractivity contribution in [3.63, 3.8) is 0 Å². The molecule has 0 N–H and O–H groups in total. The zero-order chi connectivity index (χ0) is 15.5. The monoisotopic (exact) mass is 312 g/mol. The number of rotatable bonds is 2. The van der Waals surface area contributed by atoms with Gasteiger partial charge >= 0.3 is 0 Å². The van der Waals surface area contributed by atoms with E-state index in [1.165, 1.54) is 4.90 Å². The number of benzene rings is 2. The molecule has 3 nitrogen and oxygen atoms in total. The Kier molecular flexibility index (Phi) is 4.39. The van der Waals surface area contributed by atoms with Crippen molar-refractivity contribution >= 4 is 29.0 Å². The first-order valence-corrected chi connectivity index (χ1v) is 8.46. The van der Waals surface area contributed by atoms with E-state index in [0.717, 1.165) is 35.7 Å². The Hall–Kier alpha value is -1.94. The highest BCUT2D eigenvalue weighted by molar-refractivity contribution is 7.99. The highest BCUT2D eigenvalue weighted by atomic mass is 32.2. The van der Waals surface area contributed by atoms with E-state index in [1.807, 2.05) is 78.1 Å². The van der Waals surface area contributed by atoms with Gasteiger partial charge in [0, 0.05) is 36.8 Å². The Morgan fingerprint density at radius 2 is 1.95 bits per heavy atom. The van der Waals surface area contributed by atoms with Gasteiger partial charge < -0.3 is 9.80 Å². The molecule has 0 unspecified atom stereocenters. The summed E-state index contributed by atoms with van der Waals surface area (Å²) in [6.07, 6.45) is 1.01. The molecule has 4 heteroatoms. The quantitative estimate of drug-likeness (QED) is 0.840. The van der Waals surface area contributed by atoms with Gasteiger partial charge in [-0.05, 0) is 42.5 Å². The SMILES string of the molecule is CN(C)c1cccc(C(=O)N2CCCSc3ccccc32)c1. The van der Waals surface area contributed by atoms with Crippen molar-refractivity contribution in [1.82, 2.24) is 0 Å². The normalized spacial score (nSPS) is 14.2. The lowest BCUT2D eigenvalue weighted by Crippen LogP contribution is -2.31. The maximum Gasteiger partial charge on any atom is 0.258 e. The van der Waals surface area contributed by atoms with E-state index in [1.54, 1.807) is 0 Å². The molecule has 2 aromatic rings. The summed E-state index contributed by atoms with van der Waals surface area (Å²) in [6, 6.07) is 16.0. The fourth-order valence-electron chi connectivity index (χ4n) is 2.61. The number of anilines is 2. The Morgan fingerprint density at radius 1 is 1.14 bits per heavy atom. The van der Waals surface area contributed by atoms with Crippen LogP contribution in [0.1, 0.15) is 16.8 Å². The van der Waals surface area contributed by atoms with Crippen LogP contribution in [0.2, 0.25) is 0 Å². The Balaban J connectivity index is 1.96. The Morgan fingerprint density at radius 3 is 2.77 bits per heavy atom. The summed E-state index contributed by atoms with van der Waals surface area (Å²) < 4.78 is 0. The summed E-state index contributed by atoms with van der Waals surface area (Å²) in [4.78, 5) is 18.1. The number of amides is 1. The van der Waals surface area contributed by atoms with Gasteiger partial charge in [0.2, 0.25) is 0 Å². The molecule has 114 valence electrons. The molecular weight excluding hydrogens is 292 g/mol. The lowest BCUT2D eigenvalue weighted by atomic mass is 10.1. The first kappa shape index (κ1) is 15.0. The summed E-state index contributed by atoms with van der Waals surface area (Å²) in [5.74, 6) is 1.14. The minimum absolute atomic E-state index is 0.0821. The van der Waals surface area contributed by atoms with Crippen molar-refractivity contribution in [1.29, 1.82) is 0 Å². The average Bonchev–Trinajstić information content (AvgIpc) is 2.76. The van der Waals surface area contributed by atoms with Crippen molar-refractivity contribution < 1.29 is 4.79 Å². The van der Waals surface area contributed by atoms with Crippen LogP contribution in [-0.2, 0) is 0 Å². The number of hydrogen-bond donors (Lipinski definition) is 0. The van der Waals surface area contributed by atoms with Crippen molar-refractivity contribution in [3.8, 4) is 0 Å². The van der Waals surface area contributed by atoms with E-state index >= 15 is 0 Å². The number of fused-ring (bicyclic) bond motifs is 1. The molecule has 1 heterocycles. The molecule has 1 aliphatic heterocycles. The van der Waals surface area contributed by atoms with Crippen LogP contribution in [-0.4, -0.2) is 32.3 Å². The molecule has 0 saturated heterocycles. The Labute approximate surface area is 135 Å². The summed E-state index contributed by atoms with van der Waals surface area (Å²) >= 11 is 1.83. The van der Waals surface area contributed by atoms with Crippen LogP contribution < -0.4 is 9.80 Å². The van der Waals surface area contributed by atoms with Crippen LogP contribution in [0.5, 0.6) is 0 Å². The van der Waals surface area contributed by atoms with Crippen LogP contribution in [0.3, 0.4) is 0 Å². The predicted molar refractivity (Wildman–Crippen MR) is 94.2 cm³/mol. The topological polar surface area (TPSA) is 23.6 Å². The van der Waals surface area contributed by atoms with Crippen LogP contribution in [0, 0.1) is 0 Å². The zero-order valence-electron chi connectivity index (χ0n) is 13.0. The fraction of sp³-hybridized carbons (Fsp3) is 0.278. The van der Waals surface area contributed by atoms with Crippen molar-refractivity contribution in [2.75, 3.05) is 36.2 Å². The maximum absolute atomic E-state index is 13.0. The second-order valence-electron chi connectivity index (χ2n) is 5.57. The summed E-state index contributed by atoms with van der Waals surface area (Å²) in [6.45, 7) is 0.773. The Bertz CT molecular complexity index is 684. The van der Waals surface area contributed by atoms with Crippen LogP contribution >= 0.6 is 11.8 Å². The molecule has 0 bridgehead atoms. The van der Waals surface area contributed by atoms with Crippen molar-refractivity contribution in [2.45, 2.75) is 11.3 Å². The van der Waals surface area contributed by atoms with Crippen molar-refractivity contribution in [2.24, 2.45) is 0 Å². The third kappa shape index (κ3) is 2.97. The van der Waals surface area contributed by atoms with Gasteiger partial charge in [-0.25, -0.2) is 0 Å². The molecule has 1 aliphatic rings. The number of thioether (sulfide) groups is 1. The minimum atomic E-state index is 0.0821. The minimum Gasteiger partial charge on any atom is -0.378 e. The zero-order valence-corrected chi connectivity index (χ0v) is 13.8. The van der Waals surface area contributed by atoms with Gasteiger partial charge in [0.25, 0.3) is 5.91 Å². The standard InChI is InChI=1S/C18H20N2OS/c1-19(2)15-8-5-7-14(13-15)18(21)20-11-6-12-22-17-10-4-3-9-16(17)20/h3-5,7-10,13H,6,11-12H2,1-2H3. The molecule has 0 atom stereocenters.